The van der Waals surface area contributed by atoms with Crippen LogP contribution in [0.15, 0.2) is 78.0 Å². The number of aromatic nitrogens is 2. The summed E-state index contributed by atoms with van der Waals surface area (Å²) in [6, 6.07) is 20.7. The van der Waals surface area contributed by atoms with Gasteiger partial charge in [-0.05, 0) is 17.5 Å². The molecule has 1 aromatic heterocycles. The van der Waals surface area contributed by atoms with Gasteiger partial charge in [0.1, 0.15) is 5.56 Å². The van der Waals surface area contributed by atoms with E-state index in [-0.39, 0.29) is 23.5 Å². The van der Waals surface area contributed by atoms with Gasteiger partial charge in [-0.25, -0.2) is 4.98 Å². The van der Waals surface area contributed by atoms with Crippen LogP contribution < -0.4 is 5.56 Å². The van der Waals surface area contributed by atoms with Crippen LogP contribution in [-0.2, 0) is 4.74 Å². The van der Waals surface area contributed by atoms with E-state index in [0.29, 0.717) is 19.7 Å². The Labute approximate surface area is 169 Å². The molecule has 0 saturated carbocycles. The quantitative estimate of drug-likeness (QED) is 0.728. The monoisotopic (exact) mass is 389 g/mol. The fourth-order valence-electron chi connectivity index (χ4n) is 3.81. The average molecular weight is 389 g/mol. The van der Waals surface area contributed by atoms with E-state index in [0.717, 1.165) is 6.42 Å². The first-order chi connectivity index (χ1) is 14.2. The number of carbonyl (C=O) groups is 1. The van der Waals surface area contributed by atoms with E-state index in [1.807, 2.05) is 36.4 Å². The maximum Gasteiger partial charge on any atom is 0.263 e. The molecule has 1 amide bonds. The van der Waals surface area contributed by atoms with Crippen LogP contribution >= 0.6 is 0 Å². The van der Waals surface area contributed by atoms with Crippen molar-refractivity contribution in [2.45, 2.75) is 18.4 Å². The number of morpholine rings is 1. The molecule has 0 unspecified atom stereocenters. The number of rotatable bonds is 5. The zero-order chi connectivity index (χ0) is 20.1. The van der Waals surface area contributed by atoms with E-state index in [9.17, 15) is 9.59 Å². The molecule has 29 heavy (non-hydrogen) atoms. The second-order valence-electron chi connectivity index (χ2n) is 7.15. The van der Waals surface area contributed by atoms with Crippen LogP contribution in [0, 0.1) is 0 Å². The van der Waals surface area contributed by atoms with Crippen molar-refractivity contribution in [2.75, 3.05) is 19.7 Å². The Morgan fingerprint density at radius 3 is 2.38 bits per heavy atom. The zero-order valence-corrected chi connectivity index (χ0v) is 16.0. The van der Waals surface area contributed by atoms with Crippen LogP contribution in [0.4, 0.5) is 0 Å². The normalized spacial score (nSPS) is 16.7. The lowest BCUT2D eigenvalue weighted by Gasteiger charge is -2.34. The van der Waals surface area contributed by atoms with Gasteiger partial charge in [-0.15, -0.1) is 0 Å². The number of amides is 1. The lowest BCUT2D eigenvalue weighted by atomic mass is 9.86. The van der Waals surface area contributed by atoms with Crippen molar-refractivity contribution in [3.63, 3.8) is 0 Å². The number of ether oxygens (including phenoxy) is 1. The molecular weight excluding hydrogens is 366 g/mol. The van der Waals surface area contributed by atoms with Crippen molar-refractivity contribution in [2.24, 2.45) is 0 Å². The average Bonchev–Trinajstić information content (AvgIpc) is 2.79. The molecule has 2 heterocycles. The summed E-state index contributed by atoms with van der Waals surface area (Å²) in [5.41, 5.74) is 2.08. The van der Waals surface area contributed by atoms with Gasteiger partial charge in [0.2, 0.25) is 0 Å². The van der Waals surface area contributed by atoms with Crippen LogP contribution in [0.5, 0.6) is 0 Å². The minimum atomic E-state index is -0.417. The number of benzene rings is 2. The summed E-state index contributed by atoms with van der Waals surface area (Å²) in [6.45, 7) is 1.36. The first kappa shape index (κ1) is 19.1. The van der Waals surface area contributed by atoms with E-state index in [1.54, 1.807) is 4.90 Å². The molecule has 1 atom stereocenters. The molecular formula is C23H23N3O3. The van der Waals surface area contributed by atoms with Crippen LogP contribution in [0.3, 0.4) is 0 Å². The molecule has 1 aliphatic heterocycles. The van der Waals surface area contributed by atoms with Crippen LogP contribution in [-0.4, -0.2) is 46.6 Å². The first-order valence-electron chi connectivity index (χ1n) is 9.76. The molecule has 6 heteroatoms. The number of hydrogen-bond donors (Lipinski definition) is 1. The highest BCUT2D eigenvalue weighted by molar-refractivity contribution is 5.93. The highest BCUT2D eigenvalue weighted by atomic mass is 16.5. The molecule has 1 aliphatic rings. The number of carbonyl (C=O) groups excluding carboxylic acids is 1. The van der Waals surface area contributed by atoms with Gasteiger partial charge >= 0.3 is 0 Å². The summed E-state index contributed by atoms with van der Waals surface area (Å²) in [7, 11) is 0. The van der Waals surface area contributed by atoms with Crippen molar-refractivity contribution in [3.05, 3.63) is 100 Å². The number of aromatic amines is 1. The molecule has 0 bridgehead atoms. The molecule has 1 saturated heterocycles. The third kappa shape index (κ3) is 4.43. The Balaban J connectivity index is 1.53. The molecule has 0 spiro atoms. The zero-order valence-electron chi connectivity index (χ0n) is 16.0. The van der Waals surface area contributed by atoms with Crippen molar-refractivity contribution in [1.29, 1.82) is 0 Å². The van der Waals surface area contributed by atoms with Crippen molar-refractivity contribution in [1.82, 2.24) is 14.9 Å². The summed E-state index contributed by atoms with van der Waals surface area (Å²) >= 11 is 0. The molecule has 1 fully saturated rings. The molecule has 6 nitrogen and oxygen atoms in total. The highest BCUT2D eigenvalue weighted by Crippen LogP contribution is 2.31. The number of nitrogens with one attached hydrogen (secondary N) is 1. The summed E-state index contributed by atoms with van der Waals surface area (Å²) in [5, 5.41) is 0. The van der Waals surface area contributed by atoms with Crippen LogP contribution in [0.2, 0.25) is 0 Å². The molecule has 1 N–H and O–H groups in total. The van der Waals surface area contributed by atoms with Gasteiger partial charge in [-0.2, -0.15) is 0 Å². The van der Waals surface area contributed by atoms with E-state index >= 15 is 0 Å². The smallest absolute Gasteiger partial charge is 0.263 e. The van der Waals surface area contributed by atoms with Gasteiger partial charge in [-0.3, -0.25) is 9.59 Å². The number of H-pyrrole nitrogens is 1. The minimum absolute atomic E-state index is 0.0656. The third-order valence-corrected chi connectivity index (χ3v) is 5.28. The van der Waals surface area contributed by atoms with Gasteiger partial charge in [0.15, 0.2) is 0 Å². The minimum Gasteiger partial charge on any atom is -0.375 e. The van der Waals surface area contributed by atoms with Crippen LogP contribution in [0.1, 0.15) is 33.8 Å². The predicted octanol–water partition coefficient (Wildman–Crippen LogP) is 2.83. The lowest BCUT2D eigenvalue weighted by molar-refractivity contribution is -0.0264. The Bertz CT molecular complexity index is 965. The molecule has 4 rings (SSSR count). The Kier molecular flexibility index (Phi) is 5.81. The first-order valence-corrected chi connectivity index (χ1v) is 9.76. The van der Waals surface area contributed by atoms with E-state index in [2.05, 4.69) is 34.2 Å². The SMILES string of the molecule is O=C(c1cnc[nH]c1=O)N1CCO[C@H](CC(c2ccccc2)c2ccccc2)C1. The summed E-state index contributed by atoms with van der Waals surface area (Å²) < 4.78 is 6.00. The maximum absolute atomic E-state index is 12.8. The van der Waals surface area contributed by atoms with Crippen molar-refractivity contribution >= 4 is 5.91 Å². The maximum atomic E-state index is 12.8. The largest absolute Gasteiger partial charge is 0.375 e. The Morgan fingerprint density at radius 2 is 1.76 bits per heavy atom. The van der Waals surface area contributed by atoms with E-state index in [4.69, 9.17) is 4.74 Å². The van der Waals surface area contributed by atoms with Crippen molar-refractivity contribution < 1.29 is 9.53 Å². The second kappa shape index (κ2) is 8.84. The molecule has 148 valence electrons. The number of nitrogens with zero attached hydrogens (tertiary/aromatic N) is 2. The molecule has 3 aromatic rings. The van der Waals surface area contributed by atoms with E-state index in [1.165, 1.54) is 23.7 Å². The summed E-state index contributed by atoms with van der Waals surface area (Å²) in [4.78, 5) is 32.8. The van der Waals surface area contributed by atoms with Crippen LogP contribution in [0.25, 0.3) is 0 Å². The molecule has 0 radical (unpaired) electrons. The standard InChI is InChI=1S/C23H23N3O3/c27-22-21(14-24-16-25-22)23(28)26-11-12-29-19(15-26)13-20(17-7-3-1-4-8-17)18-9-5-2-6-10-18/h1-10,14,16,19-20H,11-13,15H2,(H,24,25,27)/t19-/m1/s1. The topological polar surface area (TPSA) is 75.3 Å². The Hall–Kier alpha value is -3.25. The fourth-order valence-corrected chi connectivity index (χ4v) is 3.81. The Morgan fingerprint density at radius 1 is 1.10 bits per heavy atom. The van der Waals surface area contributed by atoms with Gasteiger partial charge < -0.3 is 14.6 Å². The van der Waals surface area contributed by atoms with Gasteiger partial charge in [0.05, 0.1) is 19.0 Å². The predicted molar refractivity (Wildman–Crippen MR) is 110 cm³/mol. The number of hydrogen-bond acceptors (Lipinski definition) is 4. The molecule has 2 aromatic carbocycles. The fraction of sp³-hybridized carbons (Fsp3) is 0.261. The second-order valence-corrected chi connectivity index (χ2v) is 7.15. The highest BCUT2D eigenvalue weighted by Gasteiger charge is 2.29. The lowest BCUT2D eigenvalue weighted by Crippen LogP contribution is -2.47. The van der Waals surface area contributed by atoms with Gasteiger partial charge in [0, 0.05) is 25.2 Å². The summed E-state index contributed by atoms with van der Waals surface area (Å²) in [5.74, 6) is -0.136. The van der Waals surface area contributed by atoms with Crippen molar-refractivity contribution in [3.8, 4) is 0 Å². The van der Waals surface area contributed by atoms with E-state index < -0.39 is 5.56 Å². The molecule has 0 aliphatic carbocycles. The van der Waals surface area contributed by atoms with Gasteiger partial charge in [-0.1, -0.05) is 60.7 Å². The summed E-state index contributed by atoms with van der Waals surface area (Å²) in [6.07, 6.45) is 3.24. The third-order valence-electron chi connectivity index (χ3n) is 5.28. The van der Waals surface area contributed by atoms with Gasteiger partial charge in [0.25, 0.3) is 11.5 Å².